The van der Waals surface area contributed by atoms with Gasteiger partial charge in [0.1, 0.15) is 0 Å². The third kappa shape index (κ3) is 7.06. The lowest BCUT2D eigenvalue weighted by Crippen LogP contribution is -2.42. The summed E-state index contributed by atoms with van der Waals surface area (Å²) in [6.45, 7) is 5.62. The topological polar surface area (TPSA) is 56.7 Å². The fourth-order valence-electron chi connectivity index (χ4n) is 2.83. The van der Waals surface area contributed by atoms with E-state index in [1.807, 2.05) is 30.3 Å². The first kappa shape index (κ1) is 21.5. The van der Waals surface area contributed by atoms with Crippen molar-refractivity contribution in [3.8, 4) is 0 Å². The Bertz CT molecular complexity index is 754. The average molecular weight is 381 g/mol. The lowest BCUT2D eigenvalue weighted by molar-refractivity contribution is 0.0827. The number of amides is 1. The van der Waals surface area contributed by atoms with Crippen LogP contribution >= 0.6 is 0 Å². The average Bonchev–Trinajstić information content (AvgIpc) is 2.71. The maximum absolute atomic E-state index is 12.0. The van der Waals surface area contributed by atoms with Crippen LogP contribution in [-0.2, 0) is 13.0 Å². The molecule has 5 nitrogen and oxygen atoms in total. The number of hydrogen-bond donors (Lipinski definition) is 2. The van der Waals surface area contributed by atoms with Crippen LogP contribution in [0.4, 0.5) is 0 Å². The molecule has 2 aromatic carbocycles. The summed E-state index contributed by atoms with van der Waals surface area (Å²) in [5, 5.41) is 6.79. The molecule has 0 spiro atoms. The van der Waals surface area contributed by atoms with Crippen molar-refractivity contribution in [1.29, 1.82) is 0 Å². The second-order valence-corrected chi connectivity index (χ2v) is 7.16. The first-order valence-corrected chi connectivity index (χ1v) is 9.89. The van der Waals surface area contributed by atoms with Gasteiger partial charge >= 0.3 is 0 Å². The molecule has 150 valence electrons. The molecule has 2 rings (SSSR count). The molecule has 0 aliphatic rings. The molecule has 2 aromatic rings. The highest BCUT2D eigenvalue weighted by atomic mass is 16.2. The molecule has 2 N–H and O–H groups in total. The molecule has 0 saturated carbocycles. The van der Waals surface area contributed by atoms with E-state index in [-0.39, 0.29) is 5.91 Å². The van der Waals surface area contributed by atoms with Crippen LogP contribution in [0.15, 0.2) is 59.6 Å². The number of hydrogen-bond acceptors (Lipinski definition) is 2. The van der Waals surface area contributed by atoms with Gasteiger partial charge in [0.25, 0.3) is 5.91 Å². The Balaban J connectivity index is 1.91. The molecular weight excluding hydrogens is 348 g/mol. The minimum Gasteiger partial charge on any atom is -0.357 e. The van der Waals surface area contributed by atoms with Gasteiger partial charge in [0, 0.05) is 32.2 Å². The summed E-state index contributed by atoms with van der Waals surface area (Å²) in [6.07, 6.45) is 2.07. The zero-order valence-electron chi connectivity index (χ0n) is 17.4. The number of guanidine groups is 1. The molecule has 28 heavy (non-hydrogen) atoms. The molecule has 0 radical (unpaired) electrons. The van der Waals surface area contributed by atoms with Crippen LogP contribution in [-0.4, -0.2) is 43.4 Å². The predicted molar refractivity (Wildman–Crippen MR) is 117 cm³/mol. The smallest absolute Gasteiger partial charge is 0.253 e. The minimum absolute atomic E-state index is 0.0114. The van der Waals surface area contributed by atoms with Crippen molar-refractivity contribution in [3.05, 3.63) is 71.3 Å². The van der Waals surface area contributed by atoms with Crippen LogP contribution in [0.1, 0.15) is 41.8 Å². The van der Waals surface area contributed by atoms with Crippen LogP contribution in [0, 0.1) is 0 Å². The molecule has 0 fully saturated rings. The third-order valence-corrected chi connectivity index (χ3v) is 4.46. The number of rotatable bonds is 8. The standard InChI is InChI=1S/C23H32N4O/c1-5-24-23(26-18(2)11-12-19-9-7-6-8-10-19)25-17-20-13-15-21(16-14-20)22(28)27(3)4/h6-10,13-16,18H,5,11-12,17H2,1-4H3,(H2,24,25,26). The van der Waals surface area contributed by atoms with Crippen LogP contribution in [0.25, 0.3) is 0 Å². The van der Waals surface area contributed by atoms with E-state index in [1.54, 1.807) is 19.0 Å². The Hall–Kier alpha value is -2.82. The number of nitrogens with zero attached hydrogens (tertiary/aromatic N) is 2. The molecule has 5 heteroatoms. The zero-order chi connectivity index (χ0) is 20.4. The SMILES string of the molecule is CCNC(=NCc1ccc(C(=O)N(C)C)cc1)NC(C)CCc1ccccc1. The summed E-state index contributed by atoms with van der Waals surface area (Å²) in [5.74, 6) is 0.828. The van der Waals surface area contributed by atoms with Crippen molar-refractivity contribution in [3.63, 3.8) is 0 Å². The van der Waals surface area contributed by atoms with E-state index in [4.69, 9.17) is 0 Å². The highest BCUT2D eigenvalue weighted by Crippen LogP contribution is 2.08. The Kier molecular flexibility index (Phi) is 8.53. The number of aryl methyl sites for hydroxylation is 1. The fourth-order valence-corrected chi connectivity index (χ4v) is 2.83. The van der Waals surface area contributed by atoms with E-state index in [2.05, 4.69) is 53.7 Å². The van der Waals surface area contributed by atoms with Crippen LogP contribution < -0.4 is 10.6 Å². The third-order valence-electron chi connectivity index (χ3n) is 4.46. The number of benzene rings is 2. The summed E-state index contributed by atoms with van der Waals surface area (Å²) in [4.78, 5) is 18.2. The van der Waals surface area contributed by atoms with Gasteiger partial charge in [-0.25, -0.2) is 4.99 Å². The van der Waals surface area contributed by atoms with E-state index in [9.17, 15) is 4.79 Å². The molecule has 0 aromatic heterocycles. The van der Waals surface area contributed by atoms with Crippen molar-refractivity contribution < 1.29 is 4.79 Å². The fraction of sp³-hybridized carbons (Fsp3) is 0.391. The highest BCUT2D eigenvalue weighted by molar-refractivity contribution is 5.93. The van der Waals surface area contributed by atoms with Gasteiger partial charge in [0.15, 0.2) is 5.96 Å². The Morgan fingerprint density at radius 2 is 1.71 bits per heavy atom. The van der Waals surface area contributed by atoms with Gasteiger partial charge < -0.3 is 15.5 Å². The van der Waals surface area contributed by atoms with Crippen molar-refractivity contribution >= 4 is 11.9 Å². The van der Waals surface area contributed by atoms with Gasteiger partial charge in [0.05, 0.1) is 6.54 Å². The van der Waals surface area contributed by atoms with E-state index in [1.165, 1.54) is 5.56 Å². The summed E-state index contributed by atoms with van der Waals surface area (Å²) in [5.41, 5.74) is 3.12. The molecule has 0 heterocycles. The maximum atomic E-state index is 12.0. The van der Waals surface area contributed by atoms with Gasteiger partial charge in [-0.2, -0.15) is 0 Å². The maximum Gasteiger partial charge on any atom is 0.253 e. The normalized spacial score (nSPS) is 12.4. The molecule has 0 aliphatic carbocycles. The first-order chi connectivity index (χ1) is 13.5. The van der Waals surface area contributed by atoms with Crippen molar-refractivity contribution in [2.45, 2.75) is 39.3 Å². The van der Waals surface area contributed by atoms with Gasteiger partial charge in [-0.15, -0.1) is 0 Å². The molecule has 0 saturated heterocycles. The number of carbonyl (C=O) groups excluding carboxylic acids is 1. The van der Waals surface area contributed by atoms with E-state index < -0.39 is 0 Å². The Labute approximate surface area is 168 Å². The molecule has 1 atom stereocenters. The second kappa shape index (κ2) is 11.1. The van der Waals surface area contributed by atoms with Crippen LogP contribution in [0.2, 0.25) is 0 Å². The van der Waals surface area contributed by atoms with Crippen LogP contribution in [0.5, 0.6) is 0 Å². The largest absolute Gasteiger partial charge is 0.357 e. The van der Waals surface area contributed by atoms with Crippen molar-refractivity contribution in [2.75, 3.05) is 20.6 Å². The van der Waals surface area contributed by atoms with Gasteiger partial charge in [-0.3, -0.25) is 4.79 Å². The highest BCUT2D eigenvalue weighted by Gasteiger charge is 2.08. The summed E-state index contributed by atoms with van der Waals surface area (Å²) < 4.78 is 0. The first-order valence-electron chi connectivity index (χ1n) is 9.89. The van der Waals surface area contributed by atoms with E-state index >= 15 is 0 Å². The van der Waals surface area contributed by atoms with Crippen molar-refractivity contribution in [2.24, 2.45) is 4.99 Å². The lowest BCUT2D eigenvalue weighted by atomic mass is 10.1. The summed E-state index contributed by atoms with van der Waals surface area (Å²) >= 11 is 0. The summed E-state index contributed by atoms with van der Waals surface area (Å²) in [7, 11) is 3.52. The Morgan fingerprint density at radius 1 is 1.04 bits per heavy atom. The van der Waals surface area contributed by atoms with Gasteiger partial charge in [-0.05, 0) is 49.9 Å². The van der Waals surface area contributed by atoms with Gasteiger partial charge in [0.2, 0.25) is 0 Å². The number of carbonyl (C=O) groups is 1. The monoisotopic (exact) mass is 380 g/mol. The molecule has 0 aliphatic heterocycles. The Morgan fingerprint density at radius 3 is 2.32 bits per heavy atom. The van der Waals surface area contributed by atoms with Crippen molar-refractivity contribution in [1.82, 2.24) is 15.5 Å². The predicted octanol–water partition coefficient (Wildman–Crippen LogP) is 3.46. The number of aliphatic imine (C=N–C) groups is 1. The molecular formula is C23H32N4O. The zero-order valence-corrected chi connectivity index (χ0v) is 17.4. The van der Waals surface area contributed by atoms with Gasteiger partial charge in [-0.1, -0.05) is 42.5 Å². The second-order valence-electron chi connectivity index (χ2n) is 7.16. The van der Waals surface area contributed by atoms with E-state index in [0.717, 1.165) is 30.9 Å². The quantitative estimate of drug-likeness (QED) is 0.545. The van der Waals surface area contributed by atoms with Crippen LogP contribution in [0.3, 0.4) is 0 Å². The van der Waals surface area contributed by atoms with E-state index in [0.29, 0.717) is 18.2 Å². The molecule has 1 amide bonds. The molecule has 1 unspecified atom stereocenters. The number of nitrogens with one attached hydrogen (secondary N) is 2. The molecule has 0 bridgehead atoms. The summed E-state index contributed by atoms with van der Waals surface area (Å²) in [6, 6.07) is 18.5. The lowest BCUT2D eigenvalue weighted by Gasteiger charge is -2.18. The minimum atomic E-state index is 0.0114.